The largest absolute Gasteiger partial charge is 0.298 e. The molecular weight excluding hydrogens is 220 g/mol. The molecule has 0 amide bonds. The molecule has 2 atom stereocenters. The van der Waals surface area contributed by atoms with E-state index in [1.54, 1.807) is 0 Å². The van der Waals surface area contributed by atoms with Gasteiger partial charge < -0.3 is 0 Å². The summed E-state index contributed by atoms with van der Waals surface area (Å²) in [6.07, 6.45) is 7.32. The predicted octanol–water partition coefficient (Wildman–Crippen LogP) is 2.48. The Hall–Kier alpha value is -1.12. The maximum atomic E-state index is 2.60. The second-order valence-electron chi connectivity index (χ2n) is 5.58. The van der Waals surface area contributed by atoms with Crippen LogP contribution in [0, 0.1) is 0 Å². The summed E-state index contributed by atoms with van der Waals surface area (Å²) in [7, 11) is 2.29. The van der Waals surface area contributed by atoms with E-state index >= 15 is 0 Å². The summed E-state index contributed by atoms with van der Waals surface area (Å²) in [5.74, 6) is 0. The van der Waals surface area contributed by atoms with Crippen molar-refractivity contribution in [2.45, 2.75) is 24.9 Å². The number of hydrogen-bond donors (Lipinski definition) is 0. The summed E-state index contributed by atoms with van der Waals surface area (Å²) in [5.41, 5.74) is 1.30. The average molecular weight is 242 g/mol. The molecule has 0 spiro atoms. The van der Waals surface area contributed by atoms with Crippen LogP contribution in [-0.4, -0.2) is 48.6 Å². The van der Waals surface area contributed by atoms with Gasteiger partial charge in [-0.1, -0.05) is 42.5 Å². The third-order valence-corrected chi connectivity index (χ3v) is 4.40. The van der Waals surface area contributed by atoms with Gasteiger partial charge in [0.15, 0.2) is 0 Å². The van der Waals surface area contributed by atoms with E-state index in [1.807, 2.05) is 0 Å². The van der Waals surface area contributed by atoms with Gasteiger partial charge in [0.2, 0.25) is 0 Å². The van der Waals surface area contributed by atoms with E-state index in [0.717, 1.165) is 18.6 Å². The van der Waals surface area contributed by atoms with Crippen molar-refractivity contribution in [3.05, 3.63) is 42.0 Å². The molecule has 0 aliphatic carbocycles. The number of nitrogens with zero attached hydrogens (tertiary/aromatic N) is 2. The van der Waals surface area contributed by atoms with Gasteiger partial charge in [-0.2, -0.15) is 0 Å². The molecule has 0 N–H and O–H groups in total. The second-order valence-corrected chi connectivity index (χ2v) is 5.58. The first-order valence-corrected chi connectivity index (χ1v) is 6.99. The third kappa shape index (κ3) is 2.50. The molecule has 96 valence electrons. The molecule has 2 fully saturated rings. The summed E-state index contributed by atoms with van der Waals surface area (Å²) in [6.45, 7) is 3.58. The van der Waals surface area contributed by atoms with E-state index in [2.05, 4.69) is 59.3 Å². The average Bonchev–Trinajstić information content (AvgIpc) is 2.64. The Morgan fingerprint density at radius 2 is 1.78 bits per heavy atom. The number of rotatable bonds is 3. The topological polar surface area (TPSA) is 6.48 Å². The lowest BCUT2D eigenvalue weighted by atomic mass is 10.2. The highest BCUT2D eigenvalue weighted by atomic mass is 15.3. The summed E-state index contributed by atoms with van der Waals surface area (Å²) < 4.78 is 0. The normalized spacial score (nSPS) is 29.2. The highest BCUT2D eigenvalue weighted by Crippen LogP contribution is 2.28. The van der Waals surface area contributed by atoms with Crippen LogP contribution in [0.4, 0.5) is 0 Å². The zero-order valence-corrected chi connectivity index (χ0v) is 11.1. The quantitative estimate of drug-likeness (QED) is 0.803. The van der Waals surface area contributed by atoms with Crippen LogP contribution in [0.25, 0.3) is 6.08 Å². The number of hydrogen-bond acceptors (Lipinski definition) is 2. The smallest absolute Gasteiger partial charge is 0.0224 e. The summed E-state index contributed by atoms with van der Waals surface area (Å²) in [5, 5.41) is 0. The van der Waals surface area contributed by atoms with Gasteiger partial charge in [-0.15, -0.1) is 0 Å². The molecule has 0 radical (unpaired) electrons. The van der Waals surface area contributed by atoms with Crippen LogP contribution in [0.1, 0.15) is 18.4 Å². The van der Waals surface area contributed by atoms with Crippen LogP contribution in [0.2, 0.25) is 0 Å². The molecule has 3 rings (SSSR count). The first-order valence-electron chi connectivity index (χ1n) is 6.99. The highest BCUT2D eigenvalue weighted by molar-refractivity contribution is 5.48. The highest BCUT2D eigenvalue weighted by Gasteiger charge is 2.36. The summed E-state index contributed by atoms with van der Waals surface area (Å²) in [6, 6.07) is 12.2. The van der Waals surface area contributed by atoms with E-state index in [1.165, 1.54) is 31.5 Å². The number of benzene rings is 1. The Labute approximate surface area is 110 Å². The van der Waals surface area contributed by atoms with E-state index in [9.17, 15) is 0 Å². The predicted molar refractivity (Wildman–Crippen MR) is 76.5 cm³/mol. The third-order valence-electron chi connectivity index (χ3n) is 4.40. The monoisotopic (exact) mass is 242 g/mol. The fraction of sp³-hybridized carbons (Fsp3) is 0.500. The molecule has 0 aromatic heterocycles. The molecule has 2 aliphatic rings. The van der Waals surface area contributed by atoms with Gasteiger partial charge in [0.25, 0.3) is 0 Å². The molecule has 2 nitrogen and oxygen atoms in total. The first-order chi connectivity index (χ1) is 8.83. The molecule has 2 bridgehead atoms. The zero-order chi connectivity index (χ0) is 12.4. The van der Waals surface area contributed by atoms with Crippen LogP contribution in [0.3, 0.4) is 0 Å². The van der Waals surface area contributed by atoms with Crippen molar-refractivity contribution in [1.82, 2.24) is 9.80 Å². The summed E-state index contributed by atoms with van der Waals surface area (Å²) >= 11 is 0. The molecule has 0 saturated carbocycles. The first kappa shape index (κ1) is 11.9. The fourth-order valence-electron chi connectivity index (χ4n) is 3.25. The number of fused-ring (bicyclic) bond motifs is 2. The van der Waals surface area contributed by atoms with Gasteiger partial charge in [0, 0.05) is 31.7 Å². The molecule has 2 heterocycles. The fourth-order valence-corrected chi connectivity index (χ4v) is 3.25. The van der Waals surface area contributed by atoms with E-state index in [-0.39, 0.29) is 0 Å². The van der Waals surface area contributed by atoms with Gasteiger partial charge in [-0.05, 0) is 25.5 Å². The van der Waals surface area contributed by atoms with Crippen LogP contribution in [0.5, 0.6) is 0 Å². The Morgan fingerprint density at radius 1 is 1.11 bits per heavy atom. The van der Waals surface area contributed by atoms with E-state index < -0.39 is 0 Å². The van der Waals surface area contributed by atoms with Crippen LogP contribution >= 0.6 is 0 Å². The molecule has 2 heteroatoms. The minimum atomic E-state index is 0.800. The van der Waals surface area contributed by atoms with Crippen molar-refractivity contribution in [3.8, 4) is 0 Å². The minimum Gasteiger partial charge on any atom is -0.298 e. The number of likely N-dealkylation sites (N-methyl/N-ethyl adjacent to an activating group) is 1. The Kier molecular flexibility index (Phi) is 3.48. The van der Waals surface area contributed by atoms with Crippen molar-refractivity contribution >= 4 is 6.08 Å². The SMILES string of the molecule is CN1C2CCC1CN(C/C=C/c1ccccc1)C2. The molecule has 1 aromatic carbocycles. The molecule has 18 heavy (non-hydrogen) atoms. The molecule has 2 unspecified atom stereocenters. The molecule has 1 aromatic rings. The zero-order valence-electron chi connectivity index (χ0n) is 11.1. The van der Waals surface area contributed by atoms with Gasteiger partial charge >= 0.3 is 0 Å². The standard InChI is InChI=1S/C16H22N2/c1-17-15-9-10-16(17)13-18(12-15)11-5-8-14-6-3-2-4-7-14/h2-8,15-16H,9-13H2,1H3/b8-5+. The molecular formula is C16H22N2. The van der Waals surface area contributed by atoms with Gasteiger partial charge in [-0.3, -0.25) is 9.80 Å². The number of piperazine rings is 1. The number of likely N-dealkylation sites (tertiary alicyclic amines) is 1. The van der Waals surface area contributed by atoms with Crippen molar-refractivity contribution in [1.29, 1.82) is 0 Å². The maximum Gasteiger partial charge on any atom is 0.0224 e. The van der Waals surface area contributed by atoms with Crippen molar-refractivity contribution in [3.63, 3.8) is 0 Å². The Morgan fingerprint density at radius 3 is 2.44 bits per heavy atom. The van der Waals surface area contributed by atoms with Crippen molar-refractivity contribution in [2.75, 3.05) is 26.7 Å². The second kappa shape index (κ2) is 5.25. The maximum absolute atomic E-state index is 2.60. The minimum absolute atomic E-state index is 0.800. The molecule has 2 aliphatic heterocycles. The van der Waals surface area contributed by atoms with Crippen LogP contribution in [-0.2, 0) is 0 Å². The van der Waals surface area contributed by atoms with Gasteiger partial charge in [0.1, 0.15) is 0 Å². The van der Waals surface area contributed by atoms with Crippen molar-refractivity contribution in [2.24, 2.45) is 0 Å². The lowest BCUT2D eigenvalue weighted by Crippen LogP contribution is -2.51. The van der Waals surface area contributed by atoms with Crippen LogP contribution in [0.15, 0.2) is 36.4 Å². The van der Waals surface area contributed by atoms with Gasteiger partial charge in [-0.25, -0.2) is 0 Å². The van der Waals surface area contributed by atoms with E-state index in [4.69, 9.17) is 0 Å². The Balaban J connectivity index is 1.54. The van der Waals surface area contributed by atoms with Crippen molar-refractivity contribution < 1.29 is 0 Å². The molecule has 2 saturated heterocycles. The summed E-state index contributed by atoms with van der Waals surface area (Å²) in [4.78, 5) is 5.18. The lowest BCUT2D eigenvalue weighted by Gasteiger charge is -2.38. The van der Waals surface area contributed by atoms with E-state index in [0.29, 0.717) is 0 Å². The lowest BCUT2D eigenvalue weighted by molar-refractivity contribution is 0.0973. The Bertz CT molecular complexity index is 398. The van der Waals surface area contributed by atoms with Gasteiger partial charge in [0.05, 0.1) is 0 Å². The van der Waals surface area contributed by atoms with Crippen LogP contribution < -0.4 is 0 Å².